The molecule has 86 valence electrons. The zero-order valence-electron chi connectivity index (χ0n) is 9.30. The van der Waals surface area contributed by atoms with E-state index in [-0.39, 0.29) is 6.61 Å². The lowest BCUT2D eigenvalue weighted by Crippen LogP contribution is -1.92. The highest BCUT2D eigenvalue weighted by molar-refractivity contribution is 7.26. The molecular weight excluding hydrogens is 234 g/mol. The van der Waals surface area contributed by atoms with Crippen LogP contribution in [0.3, 0.4) is 0 Å². The summed E-state index contributed by atoms with van der Waals surface area (Å²) in [5.74, 6) is 0.778. The Morgan fingerprint density at radius 1 is 1.35 bits per heavy atom. The summed E-state index contributed by atoms with van der Waals surface area (Å²) in [6, 6.07) is 9.91. The van der Waals surface area contributed by atoms with Gasteiger partial charge in [-0.05, 0) is 6.07 Å². The number of thiophene rings is 1. The van der Waals surface area contributed by atoms with Gasteiger partial charge >= 0.3 is 0 Å². The van der Waals surface area contributed by atoms with Gasteiger partial charge in [-0.2, -0.15) is 0 Å². The number of aliphatic hydroxyl groups is 1. The van der Waals surface area contributed by atoms with Crippen molar-refractivity contribution in [1.29, 1.82) is 0 Å². The smallest absolute Gasteiger partial charge is 0.140 e. The number of hydrogen-bond acceptors (Lipinski definition) is 4. The monoisotopic (exact) mass is 245 g/mol. The maximum Gasteiger partial charge on any atom is 0.140 e. The van der Waals surface area contributed by atoms with E-state index in [4.69, 9.17) is 4.74 Å². The van der Waals surface area contributed by atoms with Crippen LogP contribution in [0.4, 0.5) is 0 Å². The van der Waals surface area contributed by atoms with Crippen molar-refractivity contribution in [3.05, 3.63) is 36.0 Å². The summed E-state index contributed by atoms with van der Waals surface area (Å²) >= 11 is 1.66. The van der Waals surface area contributed by atoms with Gasteiger partial charge in [0.1, 0.15) is 5.75 Å². The van der Waals surface area contributed by atoms with Crippen molar-refractivity contribution in [2.24, 2.45) is 0 Å². The molecule has 0 spiro atoms. The fourth-order valence-electron chi connectivity index (χ4n) is 1.94. The molecule has 4 heteroatoms. The van der Waals surface area contributed by atoms with Crippen LogP contribution in [0.5, 0.6) is 5.75 Å². The molecule has 17 heavy (non-hydrogen) atoms. The molecule has 1 aromatic carbocycles. The molecule has 0 aliphatic carbocycles. The number of ether oxygens (including phenoxy) is 1. The molecule has 3 nitrogen and oxygen atoms in total. The average Bonchev–Trinajstić information content (AvgIpc) is 2.76. The third-order valence-corrected chi connectivity index (χ3v) is 3.90. The van der Waals surface area contributed by atoms with E-state index >= 15 is 0 Å². The van der Waals surface area contributed by atoms with Gasteiger partial charge in [0.05, 0.1) is 29.6 Å². The van der Waals surface area contributed by atoms with Crippen molar-refractivity contribution in [2.75, 3.05) is 7.11 Å². The van der Waals surface area contributed by atoms with E-state index < -0.39 is 0 Å². The molecule has 0 amide bonds. The van der Waals surface area contributed by atoms with Crippen LogP contribution >= 0.6 is 11.3 Å². The lowest BCUT2D eigenvalue weighted by molar-refractivity contribution is 0.276. The first-order chi connectivity index (χ1) is 8.33. The van der Waals surface area contributed by atoms with Gasteiger partial charge in [-0.15, -0.1) is 11.3 Å². The summed E-state index contributed by atoms with van der Waals surface area (Å²) in [6.45, 7) is -0.0729. The van der Waals surface area contributed by atoms with Gasteiger partial charge < -0.3 is 9.84 Å². The minimum Gasteiger partial charge on any atom is -0.495 e. The molecule has 0 radical (unpaired) electrons. The minimum atomic E-state index is -0.0729. The summed E-state index contributed by atoms with van der Waals surface area (Å²) in [4.78, 5) is 4.47. The summed E-state index contributed by atoms with van der Waals surface area (Å²) < 4.78 is 7.58. The van der Waals surface area contributed by atoms with E-state index in [1.807, 2.05) is 18.2 Å². The first-order valence-electron chi connectivity index (χ1n) is 5.29. The van der Waals surface area contributed by atoms with Crippen LogP contribution in [0.2, 0.25) is 0 Å². The van der Waals surface area contributed by atoms with E-state index in [2.05, 4.69) is 11.1 Å². The van der Waals surface area contributed by atoms with Gasteiger partial charge in [0.2, 0.25) is 0 Å². The highest BCUT2D eigenvalue weighted by Gasteiger charge is 2.12. The Hall–Kier alpha value is -1.65. The number of rotatable bonds is 2. The standard InChI is InChI=1S/C13H11NO2S/c1-16-10-6-8(7-15)14-12-9-4-2-3-5-11(9)17-13(10)12/h2-6,15H,7H2,1H3. The summed E-state index contributed by atoms with van der Waals surface area (Å²) in [7, 11) is 1.64. The van der Waals surface area contributed by atoms with E-state index in [0.717, 1.165) is 21.4 Å². The van der Waals surface area contributed by atoms with Crippen molar-refractivity contribution in [3.8, 4) is 5.75 Å². The number of nitrogens with zero attached hydrogens (tertiary/aromatic N) is 1. The Morgan fingerprint density at radius 3 is 2.94 bits per heavy atom. The van der Waals surface area contributed by atoms with Crippen LogP contribution in [-0.4, -0.2) is 17.2 Å². The van der Waals surface area contributed by atoms with Crippen LogP contribution in [0.1, 0.15) is 5.69 Å². The lowest BCUT2D eigenvalue weighted by atomic mass is 10.2. The van der Waals surface area contributed by atoms with E-state index in [0.29, 0.717) is 5.69 Å². The van der Waals surface area contributed by atoms with Crippen LogP contribution in [0, 0.1) is 0 Å². The van der Waals surface area contributed by atoms with E-state index in [1.54, 1.807) is 24.5 Å². The molecule has 0 fully saturated rings. The van der Waals surface area contributed by atoms with Crippen molar-refractivity contribution in [1.82, 2.24) is 4.98 Å². The van der Waals surface area contributed by atoms with Crippen molar-refractivity contribution < 1.29 is 9.84 Å². The van der Waals surface area contributed by atoms with E-state index in [1.165, 1.54) is 4.70 Å². The average molecular weight is 245 g/mol. The molecule has 0 unspecified atom stereocenters. The second kappa shape index (κ2) is 3.98. The molecule has 2 aromatic heterocycles. The Morgan fingerprint density at radius 2 is 2.18 bits per heavy atom. The van der Waals surface area contributed by atoms with Gasteiger partial charge in [-0.3, -0.25) is 0 Å². The number of fused-ring (bicyclic) bond motifs is 3. The van der Waals surface area contributed by atoms with Gasteiger partial charge in [-0.25, -0.2) is 4.98 Å². The highest BCUT2D eigenvalue weighted by Crippen LogP contribution is 2.38. The Kier molecular flexibility index (Phi) is 2.46. The van der Waals surface area contributed by atoms with Crippen LogP contribution in [-0.2, 0) is 6.61 Å². The molecule has 1 N–H and O–H groups in total. The minimum absolute atomic E-state index is 0.0729. The van der Waals surface area contributed by atoms with Gasteiger partial charge in [-0.1, -0.05) is 18.2 Å². The second-order valence-corrected chi connectivity index (χ2v) is 4.80. The lowest BCUT2D eigenvalue weighted by Gasteiger charge is -2.03. The quantitative estimate of drug-likeness (QED) is 0.754. The Bertz CT molecular complexity index is 690. The van der Waals surface area contributed by atoms with Gasteiger partial charge in [0, 0.05) is 16.2 Å². The topological polar surface area (TPSA) is 42.4 Å². The summed E-state index contributed by atoms with van der Waals surface area (Å²) in [5.41, 5.74) is 1.55. The van der Waals surface area contributed by atoms with Crippen LogP contribution < -0.4 is 4.74 Å². The molecule has 3 aromatic rings. The van der Waals surface area contributed by atoms with Crippen LogP contribution in [0.15, 0.2) is 30.3 Å². The zero-order chi connectivity index (χ0) is 11.8. The van der Waals surface area contributed by atoms with Crippen molar-refractivity contribution in [3.63, 3.8) is 0 Å². The highest BCUT2D eigenvalue weighted by atomic mass is 32.1. The molecule has 0 saturated heterocycles. The van der Waals surface area contributed by atoms with Gasteiger partial charge in [0.15, 0.2) is 0 Å². The van der Waals surface area contributed by atoms with Gasteiger partial charge in [0.25, 0.3) is 0 Å². The predicted octanol–water partition coefficient (Wildman–Crippen LogP) is 2.95. The molecule has 0 atom stereocenters. The van der Waals surface area contributed by atoms with Crippen molar-refractivity contribution in [2.45, 2.75) is 6.61 Å². The SMILES string of the molecule is COc1cc(CO)nc2c1sc1ccccc12. The zero-order valence-corrected chi connectivity index (χ0v) is 10.1. The summed E-state index contributed by atoms with van der Waals surface area (Å²) in [5, 5.41) is 10.3. The molecule has 0 saturated carbocycles. The van der Waals surface area contributed by atoms with E-state index in [9.17, 15) is 5.11 Å². The number of hydrogen-bond donors (Lipinski definition) is 1. The fraction of sp³-hybridized carbons (Fsp3) is 0.154. The fourth-order valence-corrected chi connectivity index (χ4v) is 3.07. The molecular formula is C13H11NO2S. The number of pyridine rings is 1. The molecule has 0 bridgehead atoms. The number of methoxy groups -OCH3 is 1. The summed E-state index contributed by atoms with van der Waals surface area (Å²) in [6.07, 6.45) is 0. The van der Waals surface area contributed by atoms with Crippen molar-refractivity contribution >= 4 is 31.6 Å². The molecule has 0 aliphatic rings. The number of benzene rings is 1. The maximum atomic E-state index is 9.21. The second-order valence-electron chi connectivity index (χ2n) is 3.75. The van der Waals surface area contributed by atoms with Crippen LogP contribution in [0.25, 0.3) is 20.3 Å². The first-order valence-corrected chi connectivity index (χ1v) is 6.11. The third-order valence-electron chi connectivity index (χ3n) is 2.73. The Balaban J connectivity index is 2.47. The maximum absolute atomic E-state index is 9.21. The largest absolute Gasteiger partial charge is 0.495 e. The molecule has 3 rings (SSSR count). The molecule has 2 heterocycles. The third kappa shape index (κ3) is 1.57. The number of aliphatic hydroxyl groups excluding tert-OH is 1. The normalized spacial score (nSPS) is 11.2. The first kappa shape index (κ1) is 10.5. The Labute approximate surface area is 102 Å². The molecule has 0 aliphatic heterocycles. The number of aromatic nitrogens is 1. The predicted molar refractivity (Wildman–Crippen MR) is 69.6 cm³/mol.